The summed E-state index contributed by atoms with van der Waals surface area (Å²) >= 11 is 4.99. The molecule has 0 atom stereocenters. The largest absolute Gasteiger partial charge is 0.393 e. The van der Waals surface area contributed by atoms with Gasteiger partial charge in [0.15, 0.2) is 0 Å². The van der Waals surface area contributed by atoms with Crippen molar-refractivity contribution in [2.45, 2.75) is 39.2 Å². The van der Waals surface area contributed by atoms with E-state index < -0.39 is 0 Å². The van der Waals surface area contributed by atoms with Crippen LogP contribution in [0.25, 0.3) is 0 Å². The van der Waals surface area contributed by atoms with Crippen LogP contribution in [-0.2, 0) is 4.79 Å². The fourth-order valence-electron chi connectivity index (χ4n) is 2.04. The average Bonchev–Trinajstić information content (AvgIpc) is 2.15. The van der Waals surface area contributed by atoms with Crippen molar-refractivity contribution in [3.05, 3.63) is 0 Å². The van der Waals surface area contributed by atoms with Gasteiger partial charge >= 0.3 is 0 Å². The van der Waals surface area contributed by atoms with Gasteiger partial charge in [-0.3, -0.25) is 9.69 Å². The monoisotopic (exact) mass is 257 g/mol. The van der Waals surface area contributed by atoms with E-state index in [0.717, 1.165) is 25.9 Å². The van der Waals surface area contributed by atoms with Gasteiger partial charge in [-0.25, -0.2) is 0 Å². The summed E-state index contributed by atoms with van der Waals surface area (Å²) in [6.07, 6.45) is 1.94. The van der Waals surface area contributed by atoms with E-state index in [1.54, 1.807) is 0 Å². The van der Waals surface area contributed by atoms with Crippen LogP contribution in [0.1, 0.15) is 33.6 Å². The molecule has 1 aliphatic heterocycles. The Labute approximate surface area is 109 Å². The number of carbonyl (C=O) groups excluding carboxylic acids is 1. The lowest BCUT2D eigenvalue weighted by molar-refractivity contribution is -0.123. The first-order valence-electron chi connectivity index (χ1n) is 6.10. The zero-order valence-electron chi connectivity index (χ0n) is 11.0. The van der Waals surface area contributed by atoms with Gasteiger partial charge in [0.2, 0.25) is 5.91 Å². The summed E-state index contributed by atoms with van der Waals surface area (Å²) in [5.41, 5.74) is 5.47. The molecular formula is C12H23N3OS. The number of carbonyl (C=O) groups is 1. The van der Waals surface area contributed by atoms with Crippen LogP contribution in [0.2, 0.25) is 0 Å². The SMILES string of the molecule is CC(C)(C)NC(=O)CN1CCC(C(N)=S)CC1. The van der Waals surface area contributed by atoms with E-state index in [2.05, 4.69) is 10.2 Å². The van der Waals surface area contributed by atoms with Gasteiger partial charge in [-0.05, 0) is 46.7 Å². The second-order valence-electron chi connectivity index (χ2n) is 5.75. The first-order valence-corrected chi connectivity index (χ1v) is 6.51. The first kappa shape index (κ1) is 14.4. The van der Waals surface area contributed by atoms with Crippen molar-refractivity contribution in [2.75, 3.05) is 19.6 Å². The predicted molar refractivity (Wildman–Crippen MR) is 73.8 cm³/mol. The van der Waals surface area contributed by atoms with Crippen molar-refractivity contribution < 1.29 is 4.79 Å². The highest BCUT2D eigenvalue weighted by Crippen LogP contribution is 2.17. The molecule has 1 fully saturated rings. The molecule has 1 rings (SSSR count). The molecule has 0 saturated carbocycles. The van der Waals surface area contributed by atoms with Gasteiger partial charge < -0.3 is 11.1 Å². The number of amides is 1. The van der Waals surface area contributed by atoms with E-state index in [1.165, 1.54) is 0 Å². The van der Waals surface area contributed by atoms with Crippen LogP contribution in [0.4, 0.5) is 0 Å². The molecular weight excluding hydrogens is 234 g/mol. The summed E-state index contributed by atoms with van der Waals surface area (Å²) in [5, 5.41) is 2.97. The third kappa shape index (κ3) is 5.46. The minimum atomic E-state index is -0.159. The van der Waals surface area contributed by atoms with E-state index in [-0.39, 0.29) is 11.4 Å². The van der Waals surface area contributed by atoms with Crippen LogP contribution in [0.5, 0.6) is 0 Å². The lowest BCUT2D eigenvalue weighted by Gasteiger charge is -2.31. The molecule has 17 heavy (non-hydrogen) atoms. The van der Waals surface area contributed by atoms with E-state index >= 15 is 0 Å². The molecule has 4 nitrogen and oxygen atoms in total. The number of hydrogen-bond donors (Lipinski definition) is 2. The van der Waals surface area contributed by atoms with Crippen LogP contribution in [-0.4, -0.2) is 41.0 Å². The molecule has 5 heteroatoms. The normalized spacial score (nSPS) is 19.0. The third-order valence-corrected chi connectivity index (χ3v) is 3.20. The minimum Gasteiger partial charge on any atom is -0.393 e. The number of hydrogen-bond acceptors (Lipinski definition) is 3. The number of thiocarbonyl (C=S) groups is 1. The highest BCUT2D eigenvalue weighted by molar-refractivity contribution is 7.80. The fraction of sp³-hybridized carbons (Fsp3) is 0.833. The number of nitrogens with one attached hydrogen (secondary N) is 1. The van der Waals surface area contributed by atoms with E-state index in [4.69, 9.17) is 18.0 Å². The molecule has 0 bridgehead atoms. The molecule has 98 valence electrons. The van der Waals surface area contributed by atoms with Gasteiger partial charge in [0.05, 0.1) is 11.5 Å². The van der Waals surface area contributed by atoms with Gasteiger partial charge in [0.25, 0.3) is 0 Å². The van der Waals surface area contributed by atoms with Crippen molar-refractivity contribution in [2.24, 2.45) is 11.7 Å². The number of piperidine rings is 1. The van der Waals surface area contributed by atoms with Gasteiger partial charge in [-0.2, -0.15) is 0 Å². The Kier molecular flexibility index (Phi) is 4.89. The quantitative estimate of drug-likeness (QED) is 0.738. The van der Waals surface area contributed by atoms with Crippen LogP contribution in [0, 0.1) is 5.92 Å². The molecule has 0 aromatic heterocycles. The van der Waals surface area contributed by atoms with E-state index in [0.29, 0.717) is 17.5 Å². The first-order chi connectivity index (χ1) is 7.78. The van der Waals surface area contributed by atoms with Crippen molar-refractivity contribution in [3.8, 4) is 0 Å². The maximum atomic E-state index is 11.7. The summed E-state index contributed by atoms with van der Waals surface area (Å²) in [6.45, 7) is 8.25. The fourth-order valence-corrected chi connectivity index (χ4v) is 2.27. The summed E-state index contributed by atoms with van der Waals surface area (Å²) in [7, 11) is 0. The Morgan fingerprint density at radius 2 is 1.94 bits per heavy atom. The molecule has 0 aromatic carbocycles. The Balaban J connectivity index is 2.31. The van der Waals surface area contributed by atoms with Gasteiger partial charge in [-0.1, -0.05) is 12.2 Å². The highest BCUT2D eigenvalue weighted by Gasteiger charge is 2.23. The van der Waals surface area contributed by atoms with Crippen LogP contribution < -0.4 is 11.1 Å². The number of nitrogens with zero attached hydrogens (tertiary/aromatic N) is 1. The number of rotatable bonds is 3. The van der Waals surface area contributed by atoms with Crippen LogP contribution >= 0.6 is 12.2 Å². The Morgan fingerprint density at radius 3 is 2.35 bits per heavy atom. The molecule has 1 aliphatic rings. The molecule has 3 N–H and O–H groups in total. The topological polar surface area (TPSA) is 58.4 Å². The Hall–Kier alpha value is -0.680. The summed E-state index contributed by atoms with van der Waals surface area (Å²) in [4.78, 5) is 14.5. The molecule has 0 radical (unpaired) electrons. The third-order valence-electron chi connectivity index (χ3n) is 2.87. The Bertz CT molecular complexity index is 291. The molecule has 0 aromatic rings. The van der Waals surface area contributed by atoms with Gasteiger partial charge in [0, 0.05) is 11.5 Å². The van der Waals surface area contributed by atoms with Gasteiger partial charge in [0.1, 0.15) is 0 Å². The van der Waals surface area contributed by atoms with Crippen LogP contribution in [0.3, 0.4) is 0 Å². The predicted octanol–water partition coefficient (Wildman–Crippen LogP) is 0.899. The molecule has 0 unspecified atom stereocenters. The van der Waals surface area contributed by atoms with Crippen LogP contribution in [0.15, 0.2) is 0 Å². The van der Waals surface area contributed by atoms with Gasteiger partial charge in [-0.15, -0.1) is 0 Å². The standard InChI is InChI=1S/C12H23N3OS/c1-12(2,3)14-10(16)8-15-6-4-9(5-7-15)11(13)17/h9H,4-8H2,1-3H3,(H2,13,17)(H,14,16). The summed E-state index contributed by atoms with van der Waals surface area (Å²) < 4.78 is 0. The molecule has 1 heterocycles. The van der Waals surface area contributed by atoms with Crippen molar-refractivity contribution in [1.82, 2.24) is 10.2 Å². The smallest absolute Gasteiger partial charge is 0.234 e. The van der Waals surface area contributed by atoms with E-state index in [1.807, 2.05) is 20.8 Å². The minimum absolute atomic E-state index is 0.0891. The average molecular weight is 257 g/mol. The number of likely N-dealkylation sites (tertiary alicyclic amines) is 1. The second-order valence-corrected chi connectivity index (χ2v) is 6.22. The molecule has 1 saturated heterocycles. The second kappa shape index (κ2) is 5.78. The molecule has 1 amide bonds. The maximum absolute atomic E-state index is 11.7. The molecule has 0 aliphatic carbocycles. The highest BCUT2D eigenvalue weighted by atomic mass is 32.1. The summed E-state index contributed by atoms with van der Waals surface area (Å²) in [5.74, 6) is 0.443. The van der Waals surface area contributed by atoms with Crippen molar-refractivity contribution in [3.63, 3.8) is 0 Å². The Morgan fingerprint density at radius 1 is 1.41 bits per heavy atom. The lowest BCUT2D eigenvalue weighted by atomic mass is 9.97. The lowest BCUT2D eigenvalue weighted by Crippen LogP contribution is -2.48. The van der Waals surface area contributed by atoms with Crippen molar-refractivity contribution >= 4 is 23.1 Å². The zero-order chi connectivity index (χ0) is 13.1. The van der Waals surface area contributed by atoms with E-state index in [9.17, 15) is 4.79 Å². The zero-order valence-corrected chi connectivity index (χ0v) is 11.8. The molecule has 0 spiro atoms. The number of nitrogens with two attached hydrogens (primary N) is 1. The summed E-state index contributed by atoms with van der Waals surface area (Å²) in [6, 6.07) is 0. The maximum Gasteiger partial charge on any atom is 0.234 e. The van der Waals surface area contributed by atoms with Crippen molar-refractivity contribution in [1.29, 1.82) is 0 Å².